The molecule has 1 aromatic heterocycles. The molecule has 0 aliphatic rings. The van der Waals surface area contributed by atoms with Crippen molar-refractivity contribution >= 4 is 11.9 Å². The minimum absolute atomic E-state index is 0.143. The highest BCUT2D eigenvalue weighted by Crippen LogP contribution is 2.11. The van der Waals surface area contributed by atoms with E-state index in [0.717, 1.165) is 5.56 Å². The Bertz CT molecular complexity index is 642. The summed E-state index contributed by atoms with van der Waals surface area (Å²) in [5, 5.41) is 19.4. The molecule has 0 saturated carbocycles. The predicted octanol–water partition coefficient (Wildman–Crippen LogP) is 0.703. The molecule has 0 unspecified atom stereocenters. The van der Waals surface area contributed by atoms with Crippen molar-refractivity contribution in [3.05, 3.63) is 41.2 Å². The van der Waals surface area contributed by atoms with Crippen LogP contribution in [0.4, 0.5) is 5.95 Å². The first-order chi connectivity index (χ1) is 9.95. The fourth-order valence-electron chi connectivity index (χ4n) is 1.69. The van der Waals surface area contributed by atoms with Gasteiger partial charge in [0.2, 0.25) is 11.9 Å². The zero-order chi connectivity index (χ0) is 15.4. The van der Waals surface area contributed by atoms with Crippen LogP contribution in [0.25, 0.3) is 0 Å². The number of nitrogens with one attached hydrogen (secondary N) is 1. The van der Waals surface area contributed by atoms with Crippen molar-refractivity contribution in [2.75, 3.05) is 5.32 Å². The first-order valence-electron chi connectivity index (χ1n) is 6.48. The third-order valence-electron chi connectivity index (χ3n) is 3.06. The van der Waals surface area contributed by atoms with Crippen LogP contribution in [0.2, 0.25) is 0 Å². The summed E-state index contributed by atoms with van der Waals surface area (Å²) in [6, 6.07) is 5.81. The summed E-state index contributed by atoms with van der Waals surface area (Å²) in [7, 11) is 0. The Morgan fingerprint density at radius 3 is 2.52 bits per heavy atom. The summed E-state index contributed by atoms with van der Waals surface area (Å²) in [6.45, 7) is 3.58. The minimum Gasteiger partial charge on any atom is -0.508 e. The lowest BCUT2D eigenvalue weighted by Crippen LogP contribution is -2.38. The Kier molecular flexibility index (Phi) is 4.44. The Morgan fingerprint density at radius 1 is 1.24 bits per heavy atom. The van der Waals surface area contributed by atoms with Crippen LogP contribution in [-0.4, -0.2) is 32.2 Å². The van der Waals surface area contributed by atoms with E-state index in [4.69, 9.17) is 5.73 Å². The number of anilines is 1. The first-order valence-corrected chi connectivity index (χ1v) is 6.48. The molecule has 0 aliphatic heterocycles. The highest BCUT2D eigenvalue weighted by molar-refractivity contribution is 5.93. The number of phenols is 1. The number of nitrogens with zero attached hydrogens (tertiary/aromatic N) is 3. The topological polar surface area (TPSA) is 114 Å². The number of aromatic nitrogens is 3. The summed E-state index contributed by atoms with van der Waals surface area (Å²) >= 11 is 0. The molecule has 1 heterocycles. The highest BCUT2D eigenvalue weighted by atomic mass is 16.3. The average Bonchev–Trinajstić information content (AvgIpc) is 2.45. The van der Waals surface area contributed by atoms with Crippen LogP contribution >= 0.6 is 0 Å². The fourth-order valence-corrected chi connectivity index (χ4v) is 1.69. The molecule has 4 N–H and O–H groups in total. The van der Waals surface area contributed by atoms with E-state index in [2.05, 4.69) is 20.5 Å². The molecular weight excluding hydrogens is 270 g/mol. The van der Waals surface area contributed by atoms with E-state index in [1.807, 2.05) is 0 Å². The molecule has 2 rings (SSSR count). The lowest BCUT2D eigenvalue weighted by molar-refractivity contribution is -0.117. The van der Waals surface area contributed by atoms with Gasteiger partial charge < -0.3 is 10.8 Å². The quantitative estimate of drug-likeness (QED) is 0.762. The minimum atomic E-state index is -0.736. The van der Waals surface area contributed by atoms with Crippen LogP contribution < -0.4 is 11.1 Å². The van der Waals surface area contributed by atoms with Crippen molar-refractivity contribution in [1.82, 2.24) is 15.2 Å². The van der Waals surface area contributed by atoms with Gasteiger partial charge in [-0.3, -0.25) is 10.1 Å². The van der Waals surface area contributed by atoms with Gasteiger partial charge in [0.15, 0.2) is 0 Å². The van der Waals surface area contributed by atoms with E-state index < -0.39 is 6.04 Å². The van der Waals surface area contributed by atoms with Crippen molar-refractivity contribution in [2.45, 2.75) is 26.3 Å². The Morgan fingerprint density at radius 2 is 1.90 bits per heavy atom. The maximum absolute atomic E-state index is 12.0. The summed E-state index contributed by atoms with van der Waals surface area (Å²) < 4.78 is 0. The summed E-state index contributed by atoms with van der Waals surface area (Å²) in [5.41, 5.74) is 8.12. The van der Waals surface area contributed by atoms with Crippen molar-refractivity contribution in [1.29, 1.82) is 0 Å². The van der Waals surface area contributed by atoms with E-state index in [1.165, 1.54) is 0 Å². The van der Waals surface area contributed by atoms with Crippen molar-refractivity contribution in [3.63, 3.8) is 0 Å². The number of aromatic hydroxyl groups is 1. The molecule has 0 aliphatic carbocycles. The predicted molar refractivity (Wildman–Crippen MR) is 77.7 cm³/mol. The molecule has 1 atom stereocenters. The van der Waals surface area contributed by atoms with E-state index >= 15 is 0 Å². The summed E-state index contributed by atoms with van der Waals surface area (Å²) in [5.74, 6) is -0.0660. The van der Waals surface area contributed by atoms with Gasteiger partial charge in [-0.05, 0) is 38.0 Å². The number of carbonyl (C=O) groups is 1. The number of benzene rings is 1. The van der Waals surface area contributed by atoms with E-state index in [0.29, 0.717) is 17.8 Å². The first kappa shape index (κ1) is 14.9. The smallest absolute Gasteiger partial charge is 0.249 e. The molecule has 0 spiro atoms. The standard InChI is InChI=1S/C14H17N5O2/c1-8-9(2)18-19-14(16-8)17-13(21)12(15)7-10-3-5-11(20)6-4-10/h3-6,12,20H,7,15H2,1-2H3,(H,16,17,19,21)/t12-/m0/s1. The molecule has 1 aromatic carbocycles. The average molecular weight is 287 g/mol. The van der Waals surface area contributed by atoms with Crippen LogP contribution in [0.3, 0.4) is 0 Å². The molecule has 21 heavy (non-hydrogen) atoms. The summed E-state index contributed by atoms with van der Waals surface area (Å²) in [4.78, 5) is 16.1. The van der Waals surface area contributed by atoms with E-state index in [9.17, 15) is 9.90 Å². The number of carbonyl (C=O) groups excluding carboxylic acids is 1. The monoisotopic (exact) mass is 287 g/mol. The Labute approximate surface area is 122 Å². The van der Waals surface area contributed by atoms with Crippen molar-refractivity contribution < 1.29 is 9.90 Å². The molecule has 110 valence electrons. The van der Waals surface area contributed by atoms with Crippen molar-refractivity contribution in [3.8, 4) is 5.75 Å². The normalized spacial score (nSPS) is 12.0. The van der Waals surface area contributed by atoms with Crippen LogP contribution in [-0.2, 0) is 11.2 Å². The van der Waals surface area contributed by atoms with Crippen LogP contribution in [0, 0.1) is 13.8 Å². The third-order valence-corrected chi connectivity index (χ3v) is 3.06. The Hall–Kier alpha value is -2.54. The van der Waals surface area contributed by atoms with Gasteiger partial charge in [-0.1, -0.05) is 12.1 Å². The zero-order valence-corrected chi connectivity index (χ0v) is 11.9. The number of nitrogens with two attached hydrogens (primary N) is 1. The van der Waals surface area contributed by atoms with Crippen LogP contribution in [0.1, 0.15) is 17.0 Å². The maximum atomic E-state index is 12.0. The van der Waals surface area contributed by atoms with Gasteiger partial charge in [-0.2, -0.15) is 5.10 Å². The molecule has 1 amide bonds. The van der Waals surface area contributed by atoms with Crippen LogP contribution in [0.15, 0.2) is 24.3 Å². The molecule has 7 nitrogen and oxygen atoms in total. The molecule has 0 fully saturated rings. The molecule has 0 radical (unpaired) electrons. The zero-order valence-electron chi connectivity index (χ0n) is 11.9. The maximum Gasteiger partial charge on any atom is 0.249 e. The van der Waals surface area contributed by atoms with Gasteiger partial charge in [0.25, 0.3) is 0 Å². The SMILES string of the molecule is Cc1nnc(NC(=O)[C@@H](N)Cc2ccc(O)cc2)nc1C. The second kappa shape index (κ2) is 6.27. The summed E-state index contributed by atoms with van der Waals surface area (Å²) in [6.07, 6.45) is 0.352. The molecule has 7 heteroatoms. The van der Waals surface area contributed by atoms with Gasteiger partial charge in [0.1, 0.15) is 5.75 Å². The molecular formula is C14H17N5O2. The number of amides is 1. The van der Waals surface area contributed by atoms with E-state index in [-0.39, 0.29) is 17.6 Å². The molecule has 0 saturated heterocycles. The van der Waals surface area contributed by atoms with Crippen molar-refractivity contribution in [2.24, 2.45) is 5.73 Å². The number of rotatable bonds is 4. The van der Waals surface area contributed by atoms with Gasteiger partial charge in [0, 0.05) is 0 Å². The lowest BCUT2D eigenvalue weighted by Gasteiger charge is -2.11. The van der Waals surface area contributed by atoms with Gasteiger partial charge in [0.05, 0.1) is 17.4 Å². The van der Waals surface area contributed by atoms with Gasteiger partial charge in [-0.25, -0.2) is 4.98 Å². The highest BCUT2D eigenvalue weighted by Gasteiger charge is 2.16. The van der Waals surface area contributed by atoms with Crippen LogP contribution in [0.5, 0.6) is 5.75 Å². The number of hydrogen-bond acceptors (Lipinski definition) is 6. The Balaban J connectivity index is 1.98. The number of hydrogen-bond donors (Lipinski definition) is 3. The fraction of sp³-hybridized carbons (Fsp3) is 0.286. The molecule has 2 aromatic rings. The van der Waals surface area contributed by atoms with E-state index in [1.54, 1.807) is 38.1 Å². The second-order valence-electron chi connectivity index (χ2n) is 4.77. The lowest BCUT2D eigenvalue weighted by atomic mass is 10.1. The van der Waals surface area contributed by atoms with Gasteiger partial charge >= 0.3 is 0 Å². The largest absolute Gasteiger partial charge is 0.508 e. The number of phenolic OH excluding ortho intramolecular Hbond substituents is 1. The molecule has 0 bridgehead atoms. The number of aryl methyl sites for hydroxylation is 2. The van der Waals surface area contributed by atoms with Gasteiger partial charge in [-0.15, -0.1) is 5.10 Å². The second-order valence-corrected chi connectivity index (χ2v) is 4.77. The third kappa shape index (κ3) is 3.96.